The Morgan fingerprint density at radius 1 is 1.42 bits per heavy atom. The van der Waals surface area contributed by atoms with Crippen molar-refractivity contribution < 1.29 is 19.1 Å². The monoisotopic (exact) mass is 285 g/mol. The van der Waals surface area contributed by atoms with Gasteiger partial charge in [-0.15, -0.1) is 0 Å². The minimum atomic E-state index is -0.927. The number of hydrogen-bond acceptors (Lipinski definition) is 2. The molecule has 0 aromatic heterocycles. The lowest BCUT2D eigenvalue weighted by Crippen LogP contribution is -2.42. The Kier molecular flexibility index (Phi) is 4.04. The van der Waals surface area contributed by atoms with E-state index in [2.05, 4.69) is 0 Å². The molecule has 1 aromatic carbocycles. The smallest absolute Gasteiger partial charge is 0.308 e. The van der Waals surface area contributed by atoms with E-state index in [1.54, 1.807) is 0 Å². The Morgan fingerprint density at radius 3 is 2.84 bits per heavy atom. The van der Waals surface area contributed by atoms with Crippen molar-refractivity contribution in [3.63, 3.8) is 0 Å². The van der Waals surface area contributed by atoms with Crippen molar-refractivity contribution in [1.82, 2.24) is 4.90 Å². The summed E-state index contributed by atoms with van der Waals surface area (Å²) in [5.74, 6) is -2.66. The van der Waals surface area contributed by atoms with E-state index in [1.165, 1.54) is 17.0 Å². The van der Waals surface area contributed by atoms with E-state index < -0.39 is 23.6 Å². The van der Waals surface area contributed by atoms with Gasteiger partial charge in [-0.3, -0.25) is 9.59 Å². The first-order valence-electron chi connectivity index (χ1n) is 5.96. The van der Waals surface area contributed by atoms with Crippen LogP contribution in [0.25, 0.3) is 0 Å². The van der Waals surface area contributed by atoms with Crippen LogP contribution in [-0.2, 0) is 4.79 Å². The number of piperidine rings is 1. The van der Waals surface area contributed by atoms with E-state index in [0.717, 1.165) is 6.07 Å². The van der Waals surface area contributed by atoms with Gasteiger partial charge in [0, 0.05) is 18.1 Å². The van der Waals surface area contributed by atoms with Crippen molar-refractivity contribution in [3.05, 3.63) is 34.6 Å². The molecule has 6 heteroatoms. The number of carboxylic acid groups (broad SMARTS) is 1. The van der Waals surface area contributed by atoms with E-state index in [0.29, 0.717) is 19.4 Å². The molecule has 1 aliphatic heterocycles. The van der Waals surface area contributed by atoms with Crippen molar-refractivity contribution in [2.24, 2.45) is 5.92 Å². The highest BCUT2D eigenvalue weighted by molar-refractivity contribution is 6.31. The van der Waals surface area contributed by atoms with Gasteiger partial charge in [0.05, 0.1) is 11.5 Å². The van der Waals surface area contributed by atoms with E-state index in [4.69, 9.17) is 16.7 Å². The zero-order chi connectivity index (χ0) is 14.0. The SMILES string of the molecule is O=C(O)C1CCCN(C(=O)c2cc(Cl)ccc2F)C1. The molecule has 0 saturated carbocycles. The maximum atomic E-state index is 13.6. The van der Waals surface area contributed by atoms with Crippen molar-refractivity contribution in [3.8, 4) is 0 Å². The van der Waals surface area contributed by atoms with Gasteiger partial charge in [0.25, 0.3) is 5.91 Å². The molecule has 1 unspecified atom stereocenters. The maximum Gasteiger partial charge on any atom is 0.308 e. The molecule has 1 saturated heterocycles. The van der Waals surface area contributed by atoms with Gasteiger partial charge in [-0.25, -0.2) is 4.39 Å². The molecule has 1 atom stereocenters. The summed E-state index contributed by atoms with van der Waals surface area (Å²) >= 11 is 5.75. The minimum Gasteiger partial charge on any atom is -0.481 e. The van der Waals surface area contributed by atoms with Crippen LogP contribution in [-0.4, -0.2) is 35.0 Å². The summed E-state index contributed by atoms with van der Waals surface area (Å²) in [7, 11) is 0. The fraction of sp³-hybridized carbons (Fsp3) is 0.385. The van der Waals surface area contributed by atoms with Crippen LogP contribution in [0.2, 0.25) is 5.02 Å². The highest BCUT2D eigenvalue weighted by atomic mass is 35.5. The highest BCUT2D eigenvalue weighted by Gasteiger charge is 2.29. The third-order valence-electron chi connectivity index (χ3n) is 3.22. The van der Waals surface area contributed by atoms with Gasteiger partial charge in [-0.05, 0) is 31.0 Å². The van der Waals surface area contributed by atoms with Gasteiger partial charge in [0.1, 0.15) is 5.82 Å². The first kappa shape index (κ1) is 13.8. The molecule has 0 spiro atoms. The third kappa shape index (κ3) is 3.04. The second kappa shape index (κ2) is 5.57. The predicted molar refractivity (Wildman–Crippen MR) is 67.7 cm³/mol. The van der Waals surface area contributed by atoms with Gasteiger partial charge in [0.2, 0.25) is 0 Å². The van der Waals surface area contributed by atoms with Crippen LogP contribution in [0.15, 0.2) is 18.2 Å². The summed E-state index contributed by atoms with van der Waals surface area (Å²) in [6.07, 6.45) is 1.14. The molecule has 1 N–H and O–H groups in total. The molecule has 0 radical (unpaired) electrons. The quantitative estimate of drug-likeness (QED) is 0.908. The summed E-state index contributed by atoms with van der Waals surface area (Å²) in [5, 5.41) is 9.25. The lowest BCUT2D eigenvalue weighted by molar-refractivity contribution is -0.143. The molecule has 102 valence electrons. The van der Waals surface area contributed by atoms with Crippen molar-refractivity contribution in [1.29, 1.82) is 0 Å². The number of benzene rings is 1. The average molecular weight is 286 g/mol. The van der Waals surface area contributed by atoms with Crippen LogP contribution < -0.4 is 0 Å². The van der Waals surface area contributed by atoms with E-state index in [1.807, 2.05) is 0 Å². The molecule has 19 heavy (non-hydrogen) atoms. The third-order valence-corrected chi connectivity index (χ3v) is 3.45. The van der Waals surface area contributed by atoms with Gasteiger partial charge in [0.15, 0.2) is 0 Å². The molecular formula is C13H13ClFNO3. The summed E-state index contributed by atoms with van der Waals surface area (Å²) < 4.78 is 13.6. The van der Waals surface area contributed by atoms with Gasteiger partial charge in [-0.2, -0.15) is 0 Å². The predicted octanol–water partition coefficient (Wildman–Crippen LogP) is 2.42. The van der Waals surface area contributed by atoms with Crippen LogP contribution in [0.3, 0.4) is 0 Å². The van der Waals surface area contributed by atoms with Crippen LogP contribution in [0.5, 0.6) is 0 Å². The number of amides is 1. The normalized spacial score (nSPS) is 19.3. The Morgan fingerprint density at radius 2 is 2.16 bits per heavy atom. The molecule has 1 aromatic rings. The summed E-state index contributed by atoms with van der Waals surface area (Å²) in [5.41, 5.74) is -0.112. The van der Waals surface area contributed by atoms with Gasteiger partial charge in [-0.1, -0.05) is 11.6 Å². The highest BCUT2D eigenvalue weighted by Crippen LogP contribution is 2.21. The van der Waals surface area contributed by atoms with E-state index >= 15 is 0 Å². The molecule has 1 heterocycles. The largest absolute Gasteiger partial charge is 0.481 e. The standard InChI is InChI=1S/C13H13ClFNO3/c14-9-3-4-11(15)10(6-9)12(17)16-5-1-2-8(7-16)13(18)19/h3-4,6,8H,1-2,5,7H2,(H,18,19). The van der Waals surface area contributed by atoms with Crippen LogP contribution in [0, 0.1) is 11.7 Å². The molecule has 1 amide bonds. The average Bonchev–Trinajstić information content (AvgIpc) is 2.41. The van der Waals surface area contributed by atoms with Gasteiger partial charge < -0.3 is 10.0 Å². The molecule has 1 aliphatic rings. The first-order chi connectivity index (χ1) is 8.99. The summed E-state index contributed by atoms with van der Waals surface area (Å²) in [4.78, 5) is 24.5. The Balaban J connectivity index is 2.19. The van der Waals surface area contributed by atoms with Crippen LogP contribution >= 0.6 is 11.6 Å². The second-order valence-corrected chi connectivity index (χ2v) is 4.99. The molecular weight excluding hydrogens is 273 g/mol. The van der Waals surface area contributed by atoms with E-state index in [9.17, 15) is 14.0 Å². The number of carboxylic acids is 1. The first-order valence-corrected chi connectivity index (χ1v) is 6.34. The van der Waals surface area contributed by atoms with E-state index in [-0.39, 0.29) is 17.1 Å². The number of rotatable bonds is 2. The summed E-state index contributed by atoms with van der Waals surface area (Å²) in [6, 6.07) is 3.77. The summed E-state index contributed by atoms with van der Waals surface area (Å²) in [6.45, 7) is 0.550. The molecule has 4 nitrogen and oxygen atoms in total. The second-order valence-electron chi connectivity index (χ2n) is 4.55. The fourth-order valence-corrected chi connectivity index (χ4v) is 2.37. The number of carbonyl (C=O) groups excluding carboxylic acids is 1. The lowest BCUT2D eigenvalue weighted by Gasteiger charge is -2.30. The number of halogens is 2. The number of likely N-dealkylation sites (tertiary alicyclic amines) is 1. The molecule has 2 rings (SSSR count). The van der Waals surface area contributed by atoms with Crippen molar-refractivity contribution in [2.75, 3.05) is 13.1 Å². The van der Waals surface area contributed by atoms with Crippen molar-refractivity contribution in [2.45, 2.75) is 12.8 Å². The number of carbonyl (C=O) groups is 2. The maximum absolute atomic E-state index is 13.6. The zero-order valence-corrected chi connectivity index (χ0v) is 10.9. The lowest BCUT2D eigenvalue weighted by atomic mass is 9.97. The number of nitrogens with zero attached hydrogens (tertiary/aromatic N) is 1. The zero-order valence-electron chi connectivity index (χ0n) is 10.1. The molecule has 1 fully saturated rings. The van der Waals surface area contributed by atoms with Gasteiger partial charge >= 0.3 is 5.97 Å². The number of hydrogen-bond donors (Lipinski definition) is 1. The minimum absolute atomic E-state index is 0.111. The molecule has 0 aliphatic carbocycles. The fourth-order valence-electron chi connectivity index (χ4n) is 2.19. The topological polar surface area (TPSA) is 57.6 Å². The Bertz CT molecular complexity index is 521. The Labute approximate surface area is 114 Å². The van der Waals surface area contributed by atoms with Crippen LogP contribution in [0.1, 0.15) is 23.2 Å². The van der Waals surface area contributed by atoms with Crippen molar-refractivity contribution >= 4 is 23.5 Å². The Hall–Kier alpha value is -1.62. The molecule has 0 bridgehead atoms. The number of aliphatic carboxylic acids is 1. The van der Waals surface area contributed by atoms with Crippen LogP contribution in [0.4, 0.5) is 4.39 Å².